The molecule has 104 valence electrons. The Balaban J connectivity index is 2.18. The molecule has 0 bridgehead atoms. The van der Waals surface area contributed by atoms with Crippen molar-refractivity contribution in [2.45, 2.75) is 13.5 Å². The molecule has 0 aliphatic rings. The number of aromatic nitrogens is 2. The molecule has 0 unspecified atom stereocenters. The van der Waals surface area contributed by atoms with Gasteiger partial charge in [-0.25, -0.2) is 9.78 Å². The third kappa shape index (κ3) is 3.36. The Morgan fingerprint density at radius 3 is 2.85 bits per heavy atom. The van der Waals surface area contributed by atoms with Crippen LogP contribution in [0.25, 0.3) is 0 Å². The number of aryl methyl sites for hydroxylation is 1. The molecule has 2 aromatic rings. The van der Waals surface area contributed by atoms with Gasteiger partial charge in [0, 0.05) is 11.1 Å². The monoisotopic (exact) mass is 294 g/mol. The smallest absolute Gasteiger partial charge is 0.354 e. The second-order valence-corrected chi connectivity index (χ2v) is 4.52. The van der Waals surface area contributed by atoms with E-state index in [0.29, 0.717) is 10.8 Å². The molecule has 0 atom stereocenters. The Labute approximate surface area is 119 Å². The topological polar surface area (TPSA) is 92.3 Å². The van der Waals surface area contributed by atoms with Crippen LogP contribution < -0.4 is 10.3 Å². The van der Waals surface area contributed by atoms with Crippen molar-refractivity contribution < 1.29 is 14.6 Å². The zero-order valence-corrected chi connectivity index (χ0v) is 11.3. The number of hydrogen-bond acceptors (Lipinski definition) is 4. The molecule has 0 saturated heterocycles. The highest BCUT2D eigenvalue weighted by molar-refractivity contribution is 6.30. The molecule has 0 amide bonds. The Bertz CT molecular complexity index is 712. The summed E-state index contributed by atoms with van der Waals surface area (Å²) >= 11 is 5.83. The van der Waals surface area contributed by atoms with Gasteiger partial charge in [-0.2, -0.15) is 0 Å². The Kier molecular flexibility index (Phi) is 4.05. The van der Waals surface area contributed by atoms with Crippen LogP contribution in [0.3, 0.4) is 0 Å². The summed E-state index contributed by atoms with van der Waals surface area (Å²) in [4.78, 5) is 28.3. The minimum Gasteiger partial charge on any atom is -0.485 e. The number of carbonyl (C=O) groups is 1. The summed E-state index contributed by atoms with van der Waals surface area (Å²) in [5.74, 6) is -0.540. The van der Waals surface area contributed by atoms with Crippen molar-refractivity contribution in [2.75, 3.05) is 0 Å². The lowest BCUT2D eigenvalue weighted by molar-refractivity contribution is 0.0689. The molecule has 6 nitrogen and oxygen atoms in total. The molecule has 0 aliphatic carbocycles. The van der Waals surface area contributed by atoms with Crippen LogP contribution in [-0.4, -0.2) is 21.0 Å². The number of aromatic carboxylic acids is 1. The maximum atomic E-state index is 11.3. The molecule has 0 radical (unpaired) electrons. The number of benzene rings is 1. The average Bonchev–Trinajstić information content (AvgIpc) is 2.37. The first kappa shape index (κ1) is 14.1. The molecule has 0 spiro atoms. The molecular weight excluding hydrogens is 284 g/mol. The molecule has 0 aliphatic heterocycles. The number of halogens is 1. The van der Waals surface area contributed by atoms with E-state index < -0.39 is 11.5 Å². The van der Waals surface area contributed by atoms with Crippen LogP contribution in [0.5, 0.6) is 5.75 Å². The fraction of sp³-hybridized carbons (Fsp3) is 0.154. The number of nitrogens with one attached hydrogen (secondary N) is 1. The second-order valence-electron chi connectivity index (χ2n) is 4.08. The van der Waals surface area contributed by atoms with Crippen molar-refractivity contribution in [3.8, 4) is 5.75 Å². The summed E-state index contributed by atoms with van der Waals surface area (Å²) in [5.41, 5.74) is -0.0294. The van der Waals surface area contributed by atoms with Crippen LogP contribution >= 0.6 is 11.6 Å². The number of carboxylic acids is 1. The van der Waals surface area contributed by atoms with Gasteiger partial charge in [-0.15, -0.1) is 0 Å². The fourth-order valence-electron chi connectivity index (χ4n) is 1.61. The first-order chi connectivity index (χ1) is 9.45. The van der Waals surface area contributed by atoms with E-state index >= 15 is 0 Å². The van der Waals surface area contributed by atoms with Crippen molar-refractivity contribution in [3.05, 3.63) is 56.7 Å². The van der Waals surface area contributed by atoms with Crippen molar-refractivity contribution in [2.24, 2.45) is 0 Å². The first-order valence-electron chi connectivity index (χ1n) is 5.68. The lowest BCUT2D eigenvalue weighted by Crippen LogP contribution is -2.17. The number of nitrogens with zero attached hydrogens (tertiary/aromatic N) is 1. The molecule has 2 N–H and O–H groups in total. The maximum Gasteiger partial charge on any atom is 0.354 e. The van der Waals surface area contributed by atoms with Gasteiger partial charge in [-0.3, -0.25) is 4.79 Å². The zero-order valence-electron chi connectivity index (χ0n) is 10.5. The molecule has 2 rings (SSSR count). The van der Waals surface area contributed by atoms with E-state index in [9.17, 15) is 9.59 Å². The minimum atomic E-state index is -1.26. The fourth-order valence-corrected chi connectivity index (χ4v) is 1.83. The third-order valence-corrected chi connectivity index (χ3v) is 2.75. The van der Waals surface area contributed by atoms with Crippen molar-refractivity contribution in [1.82, 2.24) is 9.97 Å². The summed E-state index contributed by atoms with van der Waals surface area (Å²) in [6, 6.07) is 6.02. The van der Waals surface area contributed by atoms with Crippen LogP contribution in [0.1, 0.15) is 21.9 Å². The van der Waals surface area contributed by atoms with E-state index in [4.69, 9.17) is 21.4 Å². The quantitative estimate of drug-likeness (QED) is 0.900. The SMILES string of the molecule is Cc1cc(Cl)ccc1OCc1nc(C(=O)O)cc(=O)[nH]1. The number of rotatable bonds is 4. The largest absolute Gasteiger partial charge is 0.485 e. The van der Waals surface area contributed by atoms with Gasteiger partial charge >= 0.3 is 5.97 Å². The predicted octanol–water partition coefficient (Wildman–Crippen LogP) is 2.01. The summed E-state index contributed by atoms with van der Waals surface area (Å²) in [6.07, 6.45) is 0. The minimum absolute atomic E-state index is 0.0428. The van der Waals surface area contributed by atoms with Gasteiger partial charge in [0.2, 0.25) is 0 Å². The average molecular weight is 295 g/mol. The molecule has 1 heterocycles. The van der Waals surface area contributed by atoms with Crippen LogP contribution in [-0.2, 0) is 6.61 Å². The highest BCUT2D eigenvalue weighted by Gasteiger charge is 2.09. The molecule has 0 fully saturated rings. The first-order valence-corrected chi connectivity index (χ1v) is 6.06. The summed E-state index contributed by atoms with van der Waals surface area (Å²) < 4.78 is 5.48. The summed E-state index contributed by atoms with van der Waals surface area (Å²) in [5, 5.41) is 9.41. The highest BCUT2D eigenvalue weighted by atomic mass is 35.5. The molecule has 1 aromatic carbocycles. The zero-order chi connectivity index (χ0) is 14.7. The Hall–Kier alpha value is -2.34. The van der Waals surface area contributed by atoms with Gasteiger partial charge in [0.25, 0.3) is 5.56 Å². The number of aromatic amines is 1. The number of ether oxygens (including phenoxy) is 1. The van der Waals surface area contributed by atoms with Gasteiger partial charge in [0.05, 0.1) is 0 Å². The molecule has 20 heavy (non-hydrogen) atoms. The number of H-pyrrole nitrogens is 1. The summed E-state index contributed by atoms with van der Waals surface area (Å²) in [7, 11) is 0. The third-order valence-electron chi connectivity index (χ3n) is 2.51. The molecular formula is C13H11ClN2O4. The highest BCUT2D eigenvalue weighted by Crippen LogP contribution is 2.22. The standard InChI is InChI=1S/C13H11ClN2O4/c1-7-4-8(14)2-3-10(7)20-6-11-15-9(13(18)19)5-12(17)16-11/h2-5H,6H2,1H3,(H,18,19)(H,15,16,17). The lowest BCUT2D eigenvalue weighted by Gasteiger charge is -2.09. The van der Waals surface area contributed by atoms with Gasteiger partial charge in [-0.05, 0) is 30.7 Å². The van der Waals surface area contributed by atoms with E-state index in [2.05, 4.69) is 9.97 Å². The Morgan fingerprint density at radius 1 is 1.45 bits per heavy atom. The van der Waals surface area contributed by atoms with Gasteiger partial charge in [0.1, 0.15) is 18.2 Å². The lowest BCUT2D eigenvalue weighted by atomic mass is 10.2. The second kappa shape index (κ2) is 5.75. The van der Waals surface area contributed by atoms with E-state index in [1.165, 1.54) is 0 Å². The molecule has 0 saturated carbocycles. The van der Waals surface area contributed by atoms with Crippen molar-refractivity contribution in [1.29, 1.82) is 0 Å². The van der Waals surface area contributed by atoms with Gasteiger partial charge in [-0.1, -0.05) is 11.6 Å². The van der Waals surface area contributed by atoms with E-state index in [1.807, 2.05) is 6.92 Å². The molecule has 1 aromatic heterocycles. The van der Waals surface area contributed by atoms with Crippen molar-refractivity contribution >= 4 is 17.6 Å². The van der Waals surface area contributed by atoms with E-state index in [1.54, 1.807) is 18.2 Å². The summed E-state index contributed by atoms with van der Waals surface area (Å²) in [6.45, 7) is 1.78. The predicted molar refractivity (Wildman–Crippen MR) is 72.3 cm³/mol. The van der Waals surface area contributed by atoms with Gasteiger partial charge < -0.3 is 14.8 Å². The molecule has 7 heteroatoms. The van der Waals surface area contributed by atoms with Crippen LogP contribution in [0.2, 0.25) is 5.02 Å². The number of hydrogen-bond donors (Lipinski definition) is 2. The van der Waals surface area contributed by atoms with E-state index in [-0.39, 0.29) is 18.1 Å². The van der Waals surface area contributed by atoms with Crippen LogP contribution in [0, 0.1) is 6.92 Å². The van der Waals surface area contributed by atoms with E-state index in [0.717, 1.165) is 11.6 Å². The number of carboxylic acid groups (broad SMARTS) is 1. The van der Waals surface area contributed by atoms with Crippen LogP contribution in [0.15, 0.2) is 29.1 Å². The van der Waals surface area contributed by atoms with Gasteiger partial charge in [0.15, 0.2) is 5.69 Å². The Morgan fingerprint density at radius 2 is 2.20 bits per heavy atom. The maximum absolute atomic E-state index is 11.3. The van der Waals surface area contributed by atoms with Crippen LogP contribution in [0.4, 0.5) is 0 Å². The normalized spacial score (nSPS) is 10.3. The van der Waals surface area contributed by atoms with Crippen molar-refractivity contribution in [3.63, 3.8) is 0 Å².